The predicted octanol–water partition coefficient (Wildman–Crippen LogP) is 1.28. The van der Waals surface area contributed by atoms with Crippen molar-refractivity contribution in [2.24, 2.45) is 5.92 Å². The van der Waals surface area contributed by atoms with Gasteiger partial charge in [0.2, 0.25) is 0 Å². The predicted molar refractivity (Wildman–Crippen MR) is 70.4 cm³/mol. The normalized spacial score (nSPS) is 14.4. The molecule has 1 aromatic carbocycles. The molecule has 1 aliphatic rings. The number of carbonyl (C=O) groups excluding carboxylic acids is 1. The third-order valence-electron chi connectivity index (χ3n) is 3.38. The minimum Gasteiger partial charge on any atom is -0.297 e. The molecule has 1 heterocycles. The van der Waals surface area contributed by atoms with Crippen LogP contribution in [0.1, 0.15) is 12.8 Å². The fourth-order valence-corrected chi connectivity index (χ4v) is 2.08. The fraction of sp³-hybridized carbons (Fsp3) is 0.308. The molecule has 3 rings (SSSR count). The molecule has 1 fully saturated rings. The van der Waals surface area contributed by atoms with Crippen molar-refractivity contribution in [1.82, 2.24) is 9.55 Å². The van der Waals surface area contributed by atoms with Gasteiger partial charge in [0.05, 0.1) is 28.7 Å². The molecule has 1 saturated carbocycles. The topological polar surface area (TPSA) is 95.1 Å². The summed E-state index contributed by atoms with van der Waals surface area (Å²) >= 11 is 0. The first-order chi connectivity index (χ1) is 9.56. The van der Waals surface area contributed by atoms with Crippen LogP contribution in [0.4, 0.5) is 5.69 Å². The van der Waals surface area contributed by atoms with Crippen molar-refractivity contribution in [3.8, 4) is 0 Å². The lowest BCUT2D eigenvalue weighted by molar-refractivity contribution is -0.384. The standard InChI is InChI=1S/C13H11N3O4/c17-12(8-1-2-8)6-15-7-14-11-4-3-9(16(19)20)5-10(11)13(15)18/h3-5,7-8H,1-2,6H2. The van der Waals surface area contributed by atoms with Crippen molar-refractivity contribution in [1.29, 1.82) is 0 Å². The highest BCUT2D eigenvalue weighted by Gasteiger charge is 2.29. The van der Waals surface area contributed by atoms with E-state index in [2.05, 4.69) is 4.98 Å². The highest BCUT2D eigenvalue weighted by Crippen LogP contribution is 2.30. The molecule has 0 atom stereocenters. The van der Waals surface area contributed by atoms with Gasteiger partial charge >= 0.3 is 0 Å². The zero-order valence-corrected chi connectivity index (χ0v) is 10.5. The van der Waals surface area contributed by atoms with E-state index < -0.39 is 10.5 Å². The van der Waals surface area contributed by atoms with Gasteiger partial charge in [-0.25, -0.2) is 4.98 Å². The number of fused-ring (bicyclic) bond motifs is 1. The molecule has 0 unspecified atom stereocenters. The molecule has 0 amide bonds. The lowest BCUT2D eigenvalue weighted by atomic mass is 10.2. The van der Waals surface area contributed by atoms with Crippen molar-refractivity contribution in [2.45, 2.75) is 19.4 Å². The molecular weight excluding hydrogens is 262 g/mol. The Kier molecular flexibility index (Phi) is 2.81. The Morgan fingerprint density at radius 1 is 1.45 bits per heavy atom. The Morgan fingerprint density at radius 3 is 2.85 bits per heavy atom. The van der Waals surface area contributed by atoms with Gasteiger partial charge in [-0.1, -0.05) is 0 Å². The average Bonchev–Trinajstić information content (AvgIpc) is 3.26. The van der Waals surface area contributed by atoms with Crippen LogP contribution in [0.2, 0.25) is 0 Å². The number of Topliss-reactive ketones (excluding diaryl/α,β-unsaturated/α-hetero) is 1. The number of non-ortho nitro benzene ring substituents is 1. The number of hydrogen-bond acceptors (Lipinski definition) is 5. The van der Waals surface area contributed by atoms with E-state index >= 15 is 0 Å². The summed E-state index contributed by atoms with van der Waals surface area (Å²) in [5.74, 6) is 0.0707. The second-order valence-electron chi connectivity index (χ2n) is 4.88. The Labute approximate surface area is 113 Å². The second-order valence-corrected chi connectivity index (χ2v) is 4.88. The molecule has 7 nitrogen and oxygen atoms in total. The third-order valence-corrected chi connectivity index (χ3v) is 3.38. The number of rotatable bonds is 4. The third kappa shape index (κ3) is 2.18. The fourth-order valence-electron chi connectivity index (χ4n) is 2.08. The molecule has 0 saturated heterocycles. The van der Waals surface area contributed by atoms with Crippen molar-refractivity contribution in [2.75, 3.05) is 0 Å². The summed E-state index contributed by atoms with van der Waals surface area (Å²) in [5.41, 5.74) is -0.203. The minimum atomic E-state index is -0.564. The Balaban J connectivity index is 2.05. The van der Waals surface area contributed by atoms with Gasteiger partial charge in [0.15, 0.2) is 5.78 Å². The van der Waals surface area contributed by atoms with Crippen LogP contribution in [0.3, 0.4) is 0 Å². The van der Waals surface area contributed by atoms with Crippen LogP contribution in [0, 0.1) is 16.0 Å². The minimum absolute atomic E-state index is 0.0127. The Hall–Kier alpha value is -2.57. The van der Waals surface area contributed by atoms with Gasteiger partial charge in [-0.05, 0) is 18.9 Å². The van der Waals surface area contributed by atoms with Gasteiger partial charge in [-0.15, -0.1) is 0 Å². The SMILES string of the molecule is O=C(Cn1cnc2ccc([N+](=O)[O-])cc2c1=O)C1CC1. The molecule has 7 heteroatoms. The molecule has 102 valence electrons. The van der Waals surface area contributed by atoms with E-state index in [9.17, 15) is 19.7 Å². The van der Waals surface area contributed by atoms with Crippen molar-refractivity contribution in [3.63, 3.8) is 0 Å². The summed E-state index contributed by atoms with van der Waals surface area (Å²) in [4.78, 5) is 38.2. The lowest BCUT2D eigenvalue weighted by Gasteiger charge is -2.05. The van der Waals surface area contributed by atoms with E-state index in [1.54, 1.807) is 0 Å². The van der Waals surface area contributed by atoms with Crippen LogP contribution in [-0.2, 0) is 11.3 Å². The van der Waals surface area contributed by atoms with Gasteiger partial charge in [-0.2, -0.15) is 0 Å². The zero-order valence-electron chi connectivity index (χ0n) is 10.5. The van der Waals surface area contributed by atoms with E-state index in [-0.39, 0.29) is 29.3 Å². The summed E-state index contributed by atoms with van der Waals surface area (Å²) in [7, 11) is 0. The summed E-state index contributed by atoms with van der Waals surface area (Å²) < 4.78 is 1.21. The number of ketones is 1. The van der Waals surface area contributed by atoms with Gasteiger partial charge in [0, 0.05) is 18.1 Å². The van der Waals surface area contributed by atoms with Crippen LogP contribution >= 0.6 is 0 Å². The van der Waals surface area contributed by atoms with E-state index in [4.69, 9.17) is 0 Å². The molecule has 1 aromatic heterocycles. The van der Waals surface area contributed by atoms with E-state index in [1.807, 2.05) is 0 Å². The molecule has 1 aliphatic carbocycles. The highest BCUT2D eigenvalue weighted by atomic mass is 16.6. The van der Waals surface area contributed by atoms with Crippen molar-refractivity contribution in [3.05, 3.63) is 45.0 Å². The summed E-state index contributed by atoms with van der Waals surface area (Å²) in [6.07, 6.45) is 3.07. The smallest absolute Gasteiger partial charge is 0.270 e. The van der Waals surface area contributed by atoms with E-state index in [0.717, 1.165) is 12.8 Å². The monoisotopic (exact) mass is 273 g/mol. The summed E-state index contributed by atoms with van der Waals surface area (Å²) in [6.45, 7) is -0.0187. The maximum atomic E-state index is 12.2. The van der Waals surface area contributed by atoms with Crippen LogP contribution in [0.5, 0.6) is 0 Å². The number of aromatic nitrogens is 2. The van der Waals surface area contributed by atoms with Crippen LogP contribution in [0.25, 0.3) is 10.9 Å². The maximum Gasteiger partial charge on any atom is 0.270 e. The van der Waals surface area contributed by atoms with E-state index in [1.165, 1.54) is 29.1 Å². The van der Waals surface area contributed by atoms with Gasteiger partial charge in [0.25, 0.3) is 11.2 Å². The second kappa shape index (κ2) is 4.52. The molecule has 0 radical (unpaired) electrons. The van der Waals surface area contributed by atoms with Crippen LogP contribution in [0.15, 0.2) is 29.3 Å². The summed E-state index contributed by atoms with van der Waals surface area (Å²) in [6, 6.07) is 3.93. The van der Waals surface area contributed by atoms with Gasteiger partial charge in [-0.3, -0.25) is 24.3 Å². The first-order valence-electron chi connectivity index (χ1n) is 6.22. The largest absolute Gasteiger partial charge is 0.297 e. The van der Waals surface area contributed by atoms with Crippen LogP contribution in [-0.4, -0.2) is 20.3 Å². The molecule has 20 heavy (non-hydrogen) atoms. The van der Waals surface area contributed by atoms with Gasteiger partial charge < -0.3 is 0 Å². The Morgan fingerprint density at radius 2 is 2.20 bits per heavy atom. The maximum absolute atomic E-state index is 12.2. The average molecular weight is 273 g/mol. The molecular formula is C13H11N3O4. The lowest BCUT2D eigenvalue weighted by Crippen LogP contribution is -2.25. The number of hydrogen-bond donors (Lipinski definition) is 0. The number of nitro benzene ring substituents is 1. The Bertz CT molecular complexity index is 777. The quantitative estimate of drug-likeness (QED) is 0.617. The number of nitrogens with zero attached hydrogens (tertiary/aromatic N) is 3. The highest BCUT2D eigenvalue weighted by molar-refractivity contribution is 5.84. The molecule has 0 spiro atoms. The van der Waals surface area contributed by atoms with Crippen LogP contribution < -0.4 is 5.56 Å². The zero-order chi connectivity index (χ0) is 14.3. The van der Waals surface area contributed by atoms with E-state index in [0.29, 0.717) is 5.52 Å². The number of carbonyl (C=O) groups is 1. The van der Waals surface area contributed by atoms with Gasteiger partial charge in [0.1, 0.15) is 0 Å². The number of benzene rings is 1. The first kappa shape index (κ1) is 12.5. The van der Waals surface area contributed by atoms with Crippen molar-refractivity contribution < 1.29 is 9.72 Å². The molecule has 0 N–H and O–H groups in total. The molecule has 0 bridgehead atoms. The summed E-state index contributed by atoms with van der Waals surface area (Å²) in [5, 5.41) is 10.9. The number of nitro groups is 1. The first-order valence-corrected chi connectivity index (χ1v) is 6.22. The van der Waals surface area contributed by atoms with Crippen molar-refractivity contribution >= 4 is 22.4 Å². The molecule has 2 aromatic rings. The molecule has 0 aliphatic heterocycles.